The molecule has 2 aromatic rings. The van der Waals surface area contributed by atoms with E-state index in [9.17, 15) is 9.90 Å². The van der Waals surface area contributed by atoms with Gasteiger partial charge in [0.05, 0.1) is 0 Å². The first-order valence-corrected chi connectivity index (χ1v) is 7.05. The van der Waals surface area contributed by atoms with Gasteiger partial charge in [-0.2, -0.15) is 0 Å². The monoisotopic (exact) mass is 304 g/mol. The van der Waals surface area contributed by atoms with E-state index in [2.05, 4.69) is 10.6 Å². The fourth-order valence-electron chi connectivity index (χ4n) is 1.44. The summed E-state index contributed by atoms with van der Waals surface area (Å²) in [6.07, 6.45) is 3.14. The minimum atomic E-state index is -0.309. The van der Waals surface area contributed by atoms with Crippen LogP contribution >= 0.6 is 23.6 Å². The number of carbonyl (C=O) groups is 1. The minimum Gasteiger partial charge on any atom is -0.508 e. The highest BCUT2D eigenvalue weighted by Gasteiger charge is 2.02. The number of hydrogen-bond donors (Lipinski definition) is 3. The zero-order valence-electron chi connectivity index (χ0n) is 10.4. The molecule has 0 saturated carbocycles. The molecule has 1 heterocycles. The van der Waals surface area contributed by atoms with Gasteiger partial charge in [0, 0.05) is 22.7 Å². The molecule has 102 valence electrons. The lowest BCUT2D eigenvalue weighted by atomic mass is 10.3. The number of carbonyl (C=O) groups excluding carboxylic acids is 1. The van der Waals surface area contributed by atoms with Crippen LogP contribution in [0.25, 0.3) is 6.08 Å². The molecule has 0 aliphatic rings. The number of thiophene rings is 1. The highest BCUT2D eigenvalue weighted by Crippen LogP contribution is 2.15. The predicted molar refractivity (Wildman–Crippen MR) is 85.8 cm³/mol. The van der Waals surface area contributed by atoms with Crippen LogP contribution in [-0.4, -0.2) is 16.1 Å². The number of anilines is 1. The number of amides is 1. The summed E-state index contributed by atoms with van der Waals surface area (Å²) in [6.45, 7) is 0. The van der Waals surface area contributed by atoms with Crippen LogP contribution in [0.4, 0.5) is 5.69 Å². The van der Waals surface area contributed by atoms with Crippen molar-refractivity contribution in [3.8, 4) is 5.75 Å². The van der Waals surface area contributed by atoms with E-state index >= 15 is 0 Å². The largest absolute Gasteiger partial charge is 0.508 e. The number of aromatic hydroxyl groups is 1. The molecule has 20 heavy (non-hydrogen) atoms. The van der Waals surface area contributed by atoms with Crippen LogP contribution in [0.2, 0.25) is 0 Å². The predicted octanol–water partition coefficient (Wildman–Crippen LogP) is 2.98. The smallest absolute Gasteiger partial charge is 0.250 e. The van der Waals surface area contributed by atoms with Gasteiger partial charge in [0.1, 0.15) is 5.75 Å². The van der Waals surface area contributed by atoms with E-state index in [-0.39, 0.29) is 16.8 Å². The topological polar surface area (TPSA) is 61.4 Å². The Morgan fingerprint density at radius 1 is 1.30 bits per heavy atom. The molecular weight excluding hydrogens is 292 g/mol. The van der Waals surface area contributed by atoms with E-state index in [1.165, 1.54) is 12.1 Å². The van der Waals surface area contributed by atoms with E-state index in [4.69, 9.17) is 12.2 Å². The quantitative estimate of drug-likeness (QED) is 0.602. The first-order chi connectivity index (χ1) is 9.63. The number of nitrogens with one attached hydrogen (secondary N) is 2. The molecule has 1 aromatic carbocycles. The van der Waals surface area contributed by atoms with Crippen molar-refractivity contribution in [3.05, 3.63) is 52.7 Å². The third-order valence-corrected chi connectivity index (χ3v) is 3.32. The average Bonchev–Trinajstić information content (AvgIpc) is 2.89. The average molecular weight is 304 g/mol. The van der Waals surface area contributed by atoms with Crippen LogP contribution in [0.1, 0.15) is 4.88 Å². The van der Waals surface area contributed by atoms with Crippen LogP contribution < -0.4 is 10.6 Å². The molecule has 0 fully saturated rings. The normalized spacial score (nSPS) is 10.4. The van der Waals surface area contributed by atoms with Crippen molar-refractivity contribution in [2.24, 2.45) is 0 Å². The molecule has 0 saturated heterocycles. The molecule has 6 heteroatoms. The van der Waals surface area contributed by atoms with E-state index in [1.54, 1.807) is 35.6 Å². The van der Waals surface area contributed by atoms with Crippen LogP contribution in [0.5, 0.6) is 5.75 Å². The van der Waals surface area contributed by atoms with Crippen molar-refractivity contribution < 1.29 is 9.90 Å². The molecular formula is C14H12N2O2S2. The van der Waals surface area contributed by atoms with Crippen LogP contribution in [0.3, 0.4) is 0 Å². The molecule has 0 unspecified atom stereocenters. The van der Waals surface area contributed by atoms with E-state index in [0.29, 0.717) is 5.69 Å². The molecule has 0 bridgehead atoms. The Hall–Kier alpha value is -2.18. The Labute approximate surface area is 125 Å². The highest BCUT2D eigenvalue weighted by molar-refractivity contribution is 7.80. The third-order valence-electron chi connectivity index (χ3n) is 2.28. The standard InChI is InChI=1S/C14H12N2O2S2/c17-11-4-1-3-10(9-11)15-14(19)16-13(18)7-6-12-5-2-8-20-12/h1-9,17H,(H2,15,16,18,19). The van der Waals surface area contributed by atoms with Gasteiger partial charge in [-0.25, -0.2) is 0 Å². The second kappa shape index (κ2) is 6.83. The summed E-state index contributed by atoms with van der Waals surface area (Å²) in [7, 11) is 0. The van der Waals surface area contributed by atoms with Gasteiger partial charge < -0.3 is 10.4 Å². The molecule has 0 aliphatic heterocycles. The zero-order valence-corrected chi connectivity index (χ0v) is 12.0. The summed E-state index contributed by atoms with van der Waals surface area (Å²) in [4.78, 5) is 12.6. The van der Waals surface area contributed by atoms with Crippen molar-refractivity contribution in [3.63, 3.8) is 0 Å². The molecule has 1 amide bonds. The third kappa shape index (κ3) is 4.49. The van der Waals surface area contributed by atoms with Crippen LogP contribution in [0.15, 0.2) is 47.9 Å². The molecule has 0 radical (unpaired) electrons. The van der Waals surface area contributed by atoms with Gasteiger partial charge in [-0.15, -0.1) is 11.3 Å². The number of benzene rings is 1. The van der Waals surface area contributed by atoms with Gasteiger partial charge in [-0.1, -0.05) is 12.1 Å². The Kier molecular flexibility index (Phi) is 4.86. The van der Waals surface area contributed by atoms with Crippen molar-refractivity contribution >= 4 is 46.3 Å². The summed E-state index contributed by atoms with van der Waals surface area (Å²) in [5.41, 5.74) is 0.609. The molecule has 0 aliphatic carbocycles. The summed E-state index contributed by atoms with van der Waals surface area (Å²) >= 11 is 6.56. The zero-order chi connectivity index (χ0) is 14.4. The molecule has 3 N–H and O–H groups in total. The van der Waals surface area contributed by atoms with Crippen molar-refractivity contribution in [2.75, 3.05) is 5.32 Å². The number of thiocarbonyl (C=S) groups is 1. The second-order valence-corrected chi connectivity index (χ2v) is 5.23. The van der Waals surface area contributed by atoms with Gasteiger partial charge >= 0.3 is 0 Å². The lowest BCUT2D eigenvalue weighted by Crippen LogP contribution is -2.32. The fourth-order valence-corrected chi connectivity index (χ4v) is 2.28. The van der Waals surface area contributed by atoms with Gasteiger partial charge in [0.25, 0.3) is 0 Å². The van der Waals surface area contributed by atoms with Crippen LogP contribution in [0, 0.1) is 0 Å². The second-order valence-electron chi connectivity index (χ2n) is 3.84. The molecule has 0 spiro atoms. The summed E-state index contributed by atoms with van der Waals surface area (Å²) in [5, 5.41) is 16.8. The number of hydrogen-bond acceptors (Lipinski definition) is 4. The minimum absolute atomic E-state index is 0.127. The number of phenolic OH excluding ortho intramolecular Hbond substituents is 1. The number of rotatable bonds is 3. The lowest BCUT2D eigenvalue weighted by molar-refractivity contribution is -0.115. The van der Waals surface area contributed by atoms with Crippen molar-refractivity contribution in [1.29, 1.82) is 0 Å². The van der Waals surface area contributed by atoms with Gasteiger partial charge in [0.2, 0.25) is 5.91 Å². The van der Waals surface area contributed by atoms with Crippen LogP contribution in [-0.2, 0) is 4.79 Å². The Morgan fingerprint density at radius 2 is 2.15 bits per heavy atom. The maximum atomic E-state index is 11.6. The number of phenols is 1. The SMILES string of the molecule is O=C(C=Cc1cccs1)NC(=S)Nc1cccc(O)c1. The molecule has 2 rings (SSSR count). The maximum absolute atomic E-state index is 11.6. The lowest BCUT2D eigenvalue weighted by Gasteiger charge is -2.08. The van der Waals surface area contributed by atoms with Gasteiger partial charge in [0.15, 0.2) is 5.11 Å². The summed E-state index contributed by atoms with van der Waals surface area (Å²) < 4.78 is 0. The van der Waals surface area contributed by atoms with E-state index in [1.807, 2.05) is 17.5 Å². The van der Waals surface area contributed by atoms with E-state index in [0.717, 1.165) is 4.88 Å². The first-order valence-electron chi connectivity index (χ1n) is 5.76. The molecule has 0 atom stereocenters. The van der Waals surface area contributed by atoms with E-state index < -0.39 is 0 Å². The molecule has 1 aromatic heterocycles. The van der Waals surface area contributed by atoms with Crippen molar-refractivity contribution in [2.45, 2.75) is 0 Å². The summed E-state index contributed by atoms with van der Waals surface area (Å²) in [5.74, 6) is -0.183. The van der Waals surface area contributed by atoms with Gasteiger partial charge in [-0.05, 0) is 41.9 Å². The fraction of sp³-hybridized carbons (Fsp3) is 0. The first kappa shape index (κ1) is 14.2. The Morgan fingerprint density at radius 3 is 2.85 bits per heavy atom. The highest BCUT2D eigenvalue weighted by atomic mass is 32.1. The maximum Gasteiger partial charge on any atom is 0.250 e. The Balaban J connectivity index is 1.86. The molecule has 4 nitrogen and oxygen atoms in total. The summed E-state index contributed by atoms with van der Waals surface area (Å²) in [6, 6.07) is 10.3. The Bertz CT molecular complexity index is 636. The van der Waals surface area contributed by atoms with Gasteiger partial charge in [-0.3, -0.25) is 10.1 Å². The van der Waals surface area contributed by atoms with Crippen molar-refractivity contribution in [1.82, 2.24) is 5.32 Å².